The number of fused-ring (bicyclic) bond motifs is 1. The predicted octanol–water partition coefficient (Wildman–Crippen LogP) is 3.82. The van der Waals surface area contributed by atoms with Crippen molar-refractivity contribution in [1.29, 1.82) is 0 Å². The van der Waals surface area contributed by atoms with E-state index in [1.165, 1.54) is 0 Å². The molecule has 9 heteroatoms. The average Bonchev–Trinajstić information content (AvgIpc) is 3.57. The number of hydrogen-bond donors (Lipinski definition) is 3. The number of ether oxygens (including phenoxy) is 1. The van der Waals surface area contributed by atoms with Gasteiger partial charge in [0.2, 0.25) is 0 Å². The molecule has 2 amide bonds. The highest BCUT2D eigenvalue weighted by Gasteiger charge is 2.28. The molecular formula is C27H26N6O3. The first kappa shape index (κ1) is 23.1. The zero-order valence-corrected chi connectivity index (χ0v) is 20.3. The maximum absolute atomic E-state index is 13.0. The van der Waals surface area contributed by atoms with E-state index in [0.29, 0.717) is 29.9 Å². The van der Waals surface area contributed by atoms with E-state index in [2.05, 4.69) is 25.9 Å². The highest BCUT2D eigenvalue weighted by atomic mass is 16.5. The monoisotopic (exact) mass is 482 g/mol. The molecule has 182 valence electrons. The van der Waals surface area contributed by atoms with E-state index in [1.54, 1.807) is 24.2 Å². The number of rotatable bonds is 7. The van der Waals surface area contributed by atoms with Gasteiger partial charge in [0.05, 0.1) is 31.0 Å². The SMILES string of the molecule is COc1cccc(-c2cccc3c2/C(=C/c2[nH]c(C)c(C(=O)NCCn4ccnn4)c2C)C(=O)N3)c1. The van der Waals surface area contributed by atoms with Crippen molar-refractivity contribution in [3.63, 3.8) is 0 Å². The molecule has 0 saturated heterocycles. The maximum Gasteiger partial charge on any atom is 0.256 e. The average molecular weight is 483 g/mol. The number of hydrogen-bond acceptors (Lipinski definition) is 5. The Morgan fingerprint density at radius 2 is 2.03 bits per heavy atom. The van der Waals surface area contributed by atoms with Crippen LogP contribution in [0.4, 0.5) is 5.69 Å². The van der Waals surface area contributed by atoms with Crippen molar-refractivity contribution in [3.05, 3.63) is 82.9 Å². The molecule has 3 heterocycles. The molecule has 0 saturated carbocycles. The Morgan fingerprint density at radius 1 is 1.19 bits per heavy atom. The van der Waals surface area contributed by atoms with Gasteiger partial charge in [0.15, 0.2) is 0 Å². The molecular weight excluding hydrogens is 456 g/mol. The first-order valence-corrected chi connectivity index (χ1v) is 11.6. The molecule has 36 heavy (non-hydrogen) atoms. The second-order valence-corrected chi connectivity index (χ2v) is 8.56. The molecule has 0 bridgehead atoms. The van der Waals surface area contributed by atoms with Gasteiger partial charge in [-0.25, -0.2) is 0 Å². The molecule has 0 aliphatic carbocycles. The van der Waals surface area contributed by atoms with Crippen LogP contribution in [0.1, 0.15) is 32.9 Å². The Hall–Kier alpha value is -4.66. The number of benzene rings is 2. The topological polar surface area (TPSA) is 114 Å². The van der Waals surface area contributed by atoms with Crippen molar-refractivity contribution in [3.8, 4) is 16.9 Å². The summed E-state index contributed by atoms with van der Waals surface area (Å²) in [7, 11) is 1.63. The lowest BCUT2D eigenvalue weighted by atomic mass is 9.94. The highest BCUT2D eigenvalue weighted by Crippen LogP contribution is 2.41. The van der Waals surface area contributed by atoms with E-state index < -0.39 is 0 Å². The lowest BCUT2D eigenvalue weighted by Crippen LogP contribution is -2.28. The molecule has 0 spiro atoms. The number of aromatic nitrogens is 4. The van der Waals surface area contributed by atoms with Crippen molar-refractivity contribution in [2.75, 3.05) is 19.0 Å². The molecule has 2 aromatic carbocycles. The molecule has 1 aliphatic heterocycles. The first-order valence-electron chi connectivity index (χ1n) is 11.6. The second-order valence-electron chi connectivity index (χ2n) is 8.56. The van der Waals surface area contributed by atoms with Crippen LogP contribution in [0.15, 0.2) is 54.9 Å². The van der Waals surface area contributed by atoms with E-state index in [1.807, 2.05) is 62.4 Å². The van der Waals surface area contributed by atoms with Crippen LogP contribution in [-0.2, 0) is 11.3 Å². The highest BCUT2D eigenvalue weighted by molar-refractivity contribution is 6.36. The van der Waals surface area contributed by atoms with Crippen LogP contribution in [0, 0.1) is 13.8 Å². The fraction of sp³-hybridized carbons (Fsp3) is 0.185. The van der Waals surface area contributed by atoms with E-state index >= 15 is 0 Å². The number of amides is 2. The van der Waals surface area contributed by atoms with Gasteiger partial charge in [0.1, 0.15) is 5.75 Å². The number of carbonyl (C=O) groups excluding carboxylic acids is 2. The molecule has 0 atom stereocenters. The molecule has 0 unspecified atom stereocenters. The minimum absolute atomic E-state index is 0.181. The molecule has 0 radical (unpaired) electrons. The third-order valence-corrected chi connectivity index (χ3v) is 6.30. The molecule has 0 fully saturated rings. The van der Waals surface area contributed by atoms with Gasteiger partial charge >= 0.3 is 0 Å². The lowest BCUT2D eigenvalue weighted by Gasteiger charge is -2.10. The van der Waals surface area contributed by atoms with Crippen molar-refractivity contribution >= 4 is 29.2 Å². The zero-order chi connectivity index (χ0) is 25.2. The number of aromatic amines is 1. The summed E-state index contributed by atoms with van der Waals surface area (Å²) in [6.45, 7) is 4.67. The van der Waals surface area contributed by atoms with Gasteiger partial charge in [-0.3, -0.25) is 14.3 Å². The van der Waals surface area contributed by atoms with Crippen molar-refractivity contribution < 1.29 is 14.3 Å². The van der Waals surface area contributed by atoms with E-state index in [9.17, 15) is 9.59 Å². The normalized spacial score (nSPS) is 13.5. The Labute approximate surface area is 208 Å². The summed E-state index contributed by atoms with van der Waals surface area (Å²) in [5.41, 5.74) is 6.76. The fourth-order valence-corrected chi connectivity index (χ4v) is 4.55. The number of nitrogens with zero attached hydrogens (tertiary/aromatic N) is 3. The van der Waals surface area contributed by atoms with Crippen LogP contribution in [0.25, 0.3) is 22.8 Å². The quantitative estimate of drug-likeness (QED) is 0.347. The van der Waals surface area contributed by atoms with Gasteiger partial charge in [-0.1, -0.05) is 29.5 Å². The molecule has 3 N–H and O–H groups in total. The largest absolute Gasteiger partial charge is 0.497 e. The van der Waals surface area contributed by atoms with E-state index in [4.69, 9.17) is 4.74 Å². The molecule has 1 aliphatic rings. The standard InChI is InChI=1S/C27H26N6O3/c1-16-23(30-17(2)24(16)27(35)28-10-12-33-13-11-29-32-33)15-21-25-20(8-5-9-22(25)31-26(21)34)18-6-4-7-19(14-18)36-3/h4-9,11,13-15,30H,10,12H2,1-3H3,(H,28,35)(H,31,34)/b21-15-. The van der Waals surface area contributed by atoms with Gasteiger partial charge in [-0.2, -0.15) is 0 Å². The molecule has 5 rings (SSSR count). The third kappa shape index (κ3) is 4.26. The van der Waals surface area contributed by atoms with Gasteiger partial charge in [0.25, 0.3) is 11.8 Å². The summed E-state index contributed by atoms with van der Waals surface area (Å²) >= 11 is 0. The predicted molar refractivity (Wildman–Crippen MR) is 138 cm³/mol. The van der Waals surface area contributed by atoms with Crippen LogP contribution < -0.4 is 15.4 Å². The second kappa shape index (κ2) is 9.53. The number of anilines is 1. The zero-order valence-electron chi connectivity index (χ0n) is 20.3. The van der Waals surface area contributed by atoms with Gasteiger partial charge < -0.3 is 20.4 Å². The van der Waals surface area contributed by atoms with Crippen LogP contribution >= 0.6 is 0 Å². The third-order valence-electron chi connectivity index (χ3n) is 6.30. The minimum Gasteiger partial charge on any atom is -0.497 e. The number of carbonyl (C=O) groups is 2. The fourth-order valence-electron chi connectivity index (χ4n) is 4.55. The summed E-state index contributed by atoms with van der Waals surface area (Å²) in [6.07, 6.45) is 5.16. The summed E-state index contributed by atoms with van der Waals surface area (Å²) in [5.74, 6) is 0.369. The van der Waals surface area contributed by atoms with Crippen LogP contribution in [0.5, 0.6) is 5.75 Å². The van der Waals surface area contributed by atoms with Crippen LogP contribution in [0.3, 0.4) is 0 Å². The lowest BCUT2D eigenvalue weighted by molar-refractivity contribution is -0.110. The number of nitrogens with one attached hydrogen (secondary N) is 3. The minimum atomic E-state index is -0.189. The maximum atomic E-state index is 13.0. The smallest absolute Gasteiger partial charge is 0.256 e. The summed E-state index contributed by atoms with van der Waals surface area (Å²) in [4.78, 5) is 29.3. The van der Waals surface area contributed by atoms with Gasteiger partial charge in [-0.15, -0.1) is 5.10 Å². The summed E-state index contributed by atoms with van der Waals surface area (Å²) in [5, 5.41) is 13.6. The molecule has 9 nitrogen and oxygen atoms in total. The first-order chi connectivity index (χ1) is 17.5. The molecule has 2 aromatic heterocycles. The van der Waals surface area contributed by atoms with Crippen LogP contribution in [-0.4, -0.2) is 45.4 Å². The van der Waals surface area contributed by atoms with Crippen molar-refractivity contribution in [1.82, 2.24) is 25.3 Å². The summed E-state index contributed by atoms with van der Waals surface area (Å²) < 4.78 is 7.05. The number of aryl methyl sites for hydroxylation is 1. The van der Waals surface area contributed by atoms with Gasteiger partial charge in [0, 0.05) is 35.4 Å². The van der Waals surface area contributed by atoms with Crippen molar-refractivity contribution in [2.24, 2.45) is 0 Å². The molecule has 4 aromatic rings. The Kier molecular flexibility index (Phi) is 6.12. The van der Waals surface area contributed by atoms with Crippen LogP contribution in [0.2, 0.25) is 0 Å². The van der Waals surface area contributed by atoms with E-state index in [-0.39, 0.29) is 11.8 Å². The Balaban J connectivity index is 1.47. The summed E-state index contributed by atoms with van der Waals surface area (Å²) in [6, 6.07) is 13.5. The number of H-pyrrole nitrogens is 1. The van der Waals surface area contributed by atoms with Crippen molar-refractivity contribution in [2.45, 2.75) is 20.4 Å². The van der Waals surface area contributed by atoms with Gasteiger partial charge in [-0.05, 0) is 54.8 Å². The number of methoxy groups -OCH3 is 1. The Morgan fingerprint density at radius 3 is 2.81 bits per heavy atom. The Bertz CT molecular complexity index is 1480. The van der Waals surface area contributed by atoms with E-state index in [0.717, 1.165) is 39.4 Å².